The molecule has 0 aliphatic heterocycles. The molecule has 0 saturated heterocycles. The van der Waals surface area contributed by atoms with E-state index in [1.54, 1.807) is 7.11 Å². The third kappa shape index (κ3) is 3.26. The Bertz CT molecular complexity index is 584. The normalized spacial score (nSPS) is 10.3. The molecule has 0 spiro atoms. The van der Waals surface area contributed by atoms with E-state index in [2.05, 4.69) is 39.2 Å². The molecule has 0 bridgehead atoms. The Morgan fingerprint density at radius 2 is 2.05 bits per heavy atom. The predicted molar refractivity (Wildman–Crippen MR) is 82.3 cm³/mol. The van der Waals surface area contributed by atoms with Crippen molar-refractivity contribution in [2.24, 2.45) is 0 Å². The van der Waals surface area contributed by atoms with Gasteiger partial charge in [0.05, 0.1) is 12.8 Å². The highest BCUT2D eigenvalue weighted by Gasteiger charge is 2.04. The van der Waals surface area contributed by atoms with E-state index >= 15 is 0 Å². The van der Waals surface area contributed by atoms with E-state index in [1.165, 1.54) is 5.56 Å². The van der Waals surface area contributed by atoms with Gasteiger partial charge in [-0.1, -0.05) is 6.92 Å². The van der Waals surface area contributed by atoms with E-state index in [-0.39, 0.29) is 0 Å². The van der Waals surface area contributed by atoms with Crippen LogP contribution in [0.3, 0.4) is 0 Å². The lowest BCUT2D eigenvalue weighted by molar-refractivity contribution is 0.410. The maximum absolute atomic E-state index is 5.33. The van der Waals surface area contributed by atoms with Gasteiger partial charge in [0.15, 0.2) is 0 Å². The summed E-state index contributed by atoms with van der Waals surface area (Å²) in [5.41, 5.74) is 3.17. The molecule has 0 radical (unpaired) electrons. The molecule has 0 aliphatic carbocycles. The van der Waals surface area contributed by atoms with Gasteiger partial charge in [-0.25, -0.2) is 4.98 Å². The Morgan fingerprint density at radius 1 is 1.26 bits per heavy atom. The maximum Gasteiger partial charge on any atom is 0.130 e. The van der Waals surface area contributed by atoms with Crippen LogP contribution in [0.4, 0.5) is 11.5 Å². The molecule has 1 heterocycles. The molecule has 2 aromatic rings. The molecule has 4 heteroatoms. The molecule has 1 aromatic carbocycles. The average molecular weight is 321 g/mol. The molecule has 1 aromatic heterocycles. The number of aryl methyl sites for hydroxylation is 2. The first kappa shape index (κ1) is 13.9. The smallest absolute Gasteiger partial charge is 0.130 e. The SMILES string of the molecule is CCc1cc(Nc2ccc(Br)c(C)n2)ccc1OC. The van der Waals surface area contributed by atoms with Gasteiger partial charge in [0.1, 0.15) is 11.6 Å². The minimum atomic E-state index is 0.841. The lowest BCUT2D eigenvalue weighted by Crippen LogP contribution is -1.97. The third-order valence-electron chi connectivity index (χ3n) is 2.96. The Hall–Kier alpha value is -1.55. The minimum absolute atomic E-state index is 0.841. The fourth-order valence-electron chi connectivity index (χ4n) is 1.89. The topological polar surface area (TPSA) is 34.2 Å². The number of halogens is 1. The molecule has 0 amide bonds. The number of hydrogen-bond donors (Lipinski definition) is 1. The molecule has 0 unspecified atom stereocenters. The summed E-state index contributed by atoms with van der Waals surface area (Å²) >= 11 is 3.45. The van der Waals surface area contributed by atoms with Gasteiger partial charge in [-0.05, 0) is 65.2 Å². The number of nitrogens with zero attached hydrogens (tertiary/aromatic N) is 1. The largest absolute Gasteiger partial charge is 0.496 e. The van der Waals surface area contributed by atoms with Gasteiger partial charge in [0.25, 0.3) is 0 Å². The number of nitrogens with one attached hydrogen (secondary N) is 1. The van der Waals surface area contributed by atoms with Gasteiger partial charge in [-0.15, -0.1) is 0 Å². The highest BCUT2D eigenvalue weighted by Crippen LogP contribution is 2.25. The molecule has 0 atom stereocenters. The van der Waals surface area contributed by atoms with Crippen LogP contribution in [0.5, 0.6) is 5.75 Å². The van der Waals surface area contributed by atoms with E-state index in [4.69, 9.17) is 4.74 Å². The molecule has 3 nitrogen and oxygen atoms in total. The van der Waals surface area contributed by atoms with Crippen LogP contribution in [0.15, 0.2) is 34.8 Å². The van der Waals surface area contributed by atoms with Crippen molar-refractivity contribution in [3.8, 4) is 5.75 Å². The number of ether oxygens (including phenoxy) is 1. The Kier molecular flexibility index (Phi) is 4.43. The first-order valence-electron chi connectivity index (χ1n) is 6.21. The van der Waals surface area contributed by atoms with Crippen molar-refractivity contribution in [2.75, 3.05) is 12.4 Å². The van der Waals surface area contributed by atoms with E-state index in [0.717, 1.165) is 33.8 Å². The molecule has 1 N–H and O–H groups in total. The van der Waals surface area contributed by atoms with Gasteiger partial charge in [-0.3, -0.25) is 0 Å². The van der Waals surface area contributed by atoms with Gasteiger partial charge >= 0.3 is 0 Å². The van der Waals surface area contributed by atoms with Gasteiger partial charge in [0.2, 0.25) is 0 Å². The second-order valence-electron chi connectivity index (χ2n) is 4.27. The number of hydrogen-bond acceptors (Lipinski definition) is 3. The first-order valence-corrected chi connectivity index (χ1v) is 7.00. The van der Waals surface area contributed by atoms with Gasteiger partial charge < -0.3 is 10.1 Å². The number of benzene rings is 1. The summed E-state index contributed by atoms with van der Waals surface area (Å²) in [6.07, 6.45) is 0.936. The summed E-state index contributed by atoms with van der Waals surface area (Å²) in [6.45, 7) is 4.09. The van der Waals surface area contributed by atoms with E-state index < -0.39 is 0 Å². The number of methoxy groups -OCH3 is 1. The maximum atomic E-state index is 5.33. The Labute approximate surface area is 122 Å². The van der Waals surface area contributed by atoms with Crippen molar-refractivity contribution in [3.63, 3.8) is 0 Å². The second kappa shape index (κ2) is 6.06. The Morgan fingerprint density at radius 3 is 2.68 bits per heavy atom. The molecular weight excluding hydrogens is 304 g/mol. The van der Waals surface area contributed by atoms with Crippen LogP contribution in [0.1, 0.15) is 18.2 Å². The zero-order valence-electron chi connectivity index (χ0n) is 11.3. The molecule has 2 rings (SSSR count). The van der Waals surface area contributed by atoms with Crippen molar-refractivity contribution in [3.05, 3.63) is 46.1 Å². The summed E-state index contributed by atoms with van der Waals surface area (Å²) in [7, 11) is 1.70. The highest BCUT2D eigenvalue weighted by molar-refractivity contribution is 9.10. The van der Waals surface area contributed by atoms with Crippen molar-refractivity contribution in [2.45, 2.75) is 20.3 Å². The van der Waals surface area contributed by atoms with Crippen LogP contribution >= 0.6 is 15.9 Å². The van der Waals surface area contributed by atoms with Crippen LogP contribution in [-0.2, 0) is 6.42 Å². The average Bonchev–Trinajstić information content (AvgIpc) is 2.43. The molecule has 100 valence electrons. The van der Waals surface area contributed by atoms with Crippen LogP contribution in [0.2, 0.25) is 0 Å². The van der Waals surface area contributed by atoms with Crippen molar-refractivity contribution >= 4 is 27.4 Å². The van der Waals surface area contributed by atoms with Crippen LogP contribution in [-0.4, -0.2) is 12.1 Å². The number of pyridine rings is 1. The summed E-state index contributed by atoms with van der Waals surface area (Å²) < 4.78 is 6.34. The fourth-order valence-corrected chi connectivity index (χ4v) is 2.12. The summed E-state index contributed by atoms with van der Waals surface area (Å²) in [5, 5.41) is 3.31. The summed E-state index contributed by atoms with van der Waals surface area (Å²) in [4.78, 5) is 4.48. The van der Waals surface area contributed by atoms with E-state index in [0.29, 0.717) is 0 Å². The minimum Gasteiger partial charge on any atom is -0.496 e. The van der Waals surface area contributed by atoms with E-state index in [1.807, 2.05) is 31.2 Å². The lowest BCUT2D eigenvalue weighted by Gasteiger charge is -2.11. The molecule has 0 fully saturated rings. The van der Waals surface area contributed by atoms with Gasteiger partial charge in [-0.2, -0.15) is 0 Å². The fraction of sp³-hybridized carbons (Fsp3) is 0.267. The summed E-state index contributed by atoms with van der Waals surface area (Å²) in [5.74, 6) is 1.76. The molecule has 0 aliphatic rings. The number of anilines is 2. The van der Waals surface area contributed by atoms with Crippen LogP contribution < -0.4 is 10.1 Å². The zero-order valence-corrected chi connectivity index (χ0v) is 12.9. The monoisotopic (exact) mass is 320 g/mol. The molecular formula is C15H17BrN2O. The lowest BCUT2D eigenvalue weighted by atomic mass is 10.1. The van der Waals surface area contributed by atoms with Crippen LogP contribution in [0, 0.1) is 6.92 Å². The second-order valence-corrected chi connectivity index (χ2v) is 5.12. The molecule has 19 heavy (non-hydrogen) atoms. The van der Waals surface area contributed by atoms with Crippen molar-refractivity contribution in [1.82, 2.24) is 4.98 Å². The Balaban J connectivity index is 2.25. The quantitative estimate of drug-likeness (QED) is 0.902. The predicted octanol–water partition coefficient (Wildman–Crippen LogP) is 4.47. The zero-order chi connectivity index (χ0) is 13.8. The summed E-state index contributed by atoms with van der Waals surface area (Å²) in [6, 6.07) is 10.0. The number of aromatic nitrogens is 1. The third-order valence-corrected chi connectivity index (χ3v) is 3.79. The number of rotatable bonds is 4. The van der Waals surface area contributed by atoms with Crippen LogP contribution in [0.25, 0.3) is 0 Å². The highest BCUT2D eigenvalue weighted by atomic mass is 79.9. The van der Waals surface area contributed by atoms with Gasteiger partial charge in [0, 0.05) is 10.2 Å². The van der Waals surface area contributed by atoms with Crippen molar-refractivity contribution < 1.29 is 4.74 Å². The van der Waals surface area contributed by atoms with E-state index in [9.17, 15) is 0 Å². The molecule has 0 saturated carbocycles. The standard InChI is InChI=1S/C15H17BrN2O/c1-4-11-9-12(5-7-14(11)19-3)18-15-8-6-13(16)10(2)17-15/h5-9H,4H2,1-3H3,(H,17,18). The van der Waals surface area contributed by atoms with Crippen molar-refractivity contribution in [1.29, 1.82) is 0 Å². The first-order chi connectivity index (χ1) is 9.13.